The minimum atomic E-state index is -0.198. The number of benzene rings is 2. The Labute approximate surface area is 208 Å². The third kappa shape index (κ3) is 9.52. The van der Waals surface area contributed by atoms with Crippen LogP contribution in [0, 0.1) is 0 Å². The van der Waals surface area contributed by atoms with Gasteiger partial charge in [-0.1, -0.05) is 113 Å². The number of hydrogen-bond donors (Lipinski definition) is 3. The molecule has 190 valence electrons. The van der Waals surface area contributed by atoms with Crippen LogP contribution in [0.3, 0.4) is 0 Å². The standard InChI is InChI=1S/C31H48O3/c1-30(23-25-32,27-15-7-3-8-16-27)21-13-5-11-19-29(34)20-12-6-14-22-31(2,24-26-33)28-17-9-4-10-18-28/h3-4,7-10,15-18,29,32-34H,5-6,11-14,19-26H2,1-2H3. The maximum absolute atomic E-state index is 10.4. The van der Waals surface area contributed by atoms with Crippen molar-refractivity contribution in [1.29, 1.82) is 0 Å². The second-order valence-corrected chi connectivity index (χ2v) is 10.7. The Morgan fingerprint density at radius 1 is 0.559 bits per heavy atom. The Kier molecular flexibility index (Phi) is 12.9. The summed E-state index contributed by atoms with van der Waals surface area (Å²) < 4.78 is 0. The average molecular weight is 469 g/mol. The van der Waals surface area contributed by atoms with Gasteiger partial charge in [0, 0.05) is 13.2 Å². The predicted octanol–water partition coefficient (Wildman–Crippen LogP) is 6.93. The lowest BCUT2D eigenvalue weighted by Gasteiger charge is -2.30. The summed E-state index contributed by atoms with van der Waals surface area (Å²) in [6.45, 7) is 4.96. The van der Waals surface area contributed by atoms with Crippen molar-refractivity contribution in [2.24, 2.45) is 0 Å². The molecule has 0 radical (unpaired) electrons. The molecule has 0 fully saturated rings. The number of aliphatic hydroxyl groups is 3. The van der Waals surface area contributed by atoms with Crippen molar-refractivity contribution in [3.8, 4) is 0 Å². The quantitative estimate of drug-likeness (QED) is 0.208. The van der Waals surface area contributed by atoms with Gasteiger partial charge in [0.05, 0.1) is 6.10 Å². The monoisotopic (exact) mass is 468 g/mol. The van der Waals surface area contributed by atoms with Gasteiger partial charge in [0.2, 0.25) is 0 Å². The highest BCUT2D eigenvalue weighted by atomic mass is 16.3. The van der Waals surface area contributed by atoms with Crippen molar-refractivity contribution in [2.75, 3.05) is 13.2 Å². The number of unbranched alkanes of at least 4 members (excludes halogenated alkanes) is 4. The molecule has 0 saturated carbocycles. The minimum Gasteiger partial charge on any atom is -0.396 e. The molecule has 0 aliphatic rings. The van der Waals surface area contributed by atoms with Gasteiger partial charge in [0.1, 0.15) is 0 Å². The highest BCUT2D eigenvalue weighted by Gasteiger charge is 2.26. The van der Waals surface area contributed by atoms with Crippen LogP contribution >= 0.6 is 0 Å². The van der Waals surface area contributed by atoms with E-state index in [1.165, 1.54) is 11.1 Å². The Balaban J connectivity index is 1.61. The maximum atomic E-state index is 10.4. The van der Waals surface area contributed by atoms with Crippen LogP contribution in [0.2, 0.25) is 0 Å². The van der Waals surface area contributed by atoms with Crippen LogP contribution in [0.5, 0.6) is 0 Å². The van der Waals surface area contributed by atoms with E-state index in [0.717, 1.165) is 77.0 Å². The van der Waals surface area contributed by atoms with Crippen LogP contribution in [0.15, 0.2) is 60.7 Å². The molecule has 2 atom stereocenters. The summed E-state index contributed by atoms with van der Waals surface area (Å²) in [5.41, 5.74) is 2.68. The summed E-state index contributed by atoms with van der Waals surface area (Å²) in [5.74, 6) is 0. The average Bonchev–Trinajstić information content (AvgIpc) is 2.85. The van der Waals surface area contributed by atoms with Gasteiger partial charge in [0.25, 0.3) is 0 Å². The Morgan fingerprint density at radius 2 is 0.941 bits per heavy atom. The molecular formula is C31H48O3. The summed E-state index contributed by atoms with van der Waals surface area (Å²) in [7, 11) is 0. The summed E-state index contributed by atoms with van der Waals surface area (Å²) in [4.78, 5) is 0. The van der Waals surface area contributed by atoms with Gasteiger partial charge in [-0.3, -0.25) is 0 Å². The van der Waals surface area contributed by atoms with E-state index in [9.17, 15) is 15.3 Å². The van der Waals surface area contributed by atoms with E-state index in [0.29, 0.717) is 0 Å². The first-order chi connectivity index (χ1) is 16.4. The molecule has 2 rings (SSSR count). The molecule has 2 aromatic rings. The fraction of sp³-hybridized carbons (Fsp3) is 0.613. The number of rotatable bonds is 18. The lowest BCUT2D eigenvalue weighted by Crippen LogP contribution is -2.23. The largest absolute Gasteiger partial charge is 0.396 e. The van der Waals surface area contributed by atoms with Crippen LogP contribution in [0.25, 0.3) is 0 Å². The first kappa shape index (κ1) is 28.6. The number of hydrogen-bond acceptors (Lipinski definition) is 3. The highest BCUT2D eigenvalue weighted by Crippen LogP contribution is 2.34. The zero-order chi connectivity index (χ0) is 24.7. The molecule has 0 aliphatic carbocycles. The van der Waals surface area contributed by atoms with Crippen molar-refractivity contribution in [1.82, 2.24) is 0 Å². The Bertz CT molecular complexity index is 697. The predicted molar refractivity (Wildman–Crippen MR) is 143 cm³/mol. The van der Waals surface area contributed by atoms with Gasteiger partial charge in [-0.05, 0) is 60.5 Å². The molecule has 0 heterocycles. The molecule has 2 unspecified atom stereocenters. The maximum Gasteiger partial charge on any atom is 0.0540 e. The van der Waals surface area contributed by atoms with Crippen LogP contribution in [-0.2, 0) is 10.8 Å². The van der Waals surface area contributed by atoms with Gasteiger partial charge in [-0.25, -0.2) is 0 Å². The molecule has 0 aromatic heterocycles. The Hall–Kier alpha value is -1.68. The SMILES string of the molecule is CC(CCO)(CCCCCC(O)CCCCCC(C)(CCO)c1ccccc1)c1ccccc1. The van der Waals surface area contributed by atoms with Crippen molar-refractivity contribution in [3.05, 3.63) is 71.8 Å². The van der Waals surface area contributed by atoms with Gasteiger partial charge < -0.3 is 15.3 Å². The summed E-state index contributed by atoms with van der Waals surface area (Å²) in [5, 5.41) is 29.5. The third-order valence-corrected chi connectivity index (χ3v) is 7.80. The summed E-state index contributed by atoms with van der Waals surface area (Å²) in [6, 6.07) is 21.1. The topological polar surface area (TPSA) is 60.7 Å². The van der Waals surface area contributed by atoms with E-state index < -0.39 is 0 Å². The zero-order valence-electron chi connectivity index (χ0n) is 21.6. The first-order valence-corrected chi connectivity index (χ1v) is 13.4. The summed E-state index contributed by atoms with van der Waals surface area (Å²) in [6.07, 6.45) is 11.9. The van der Waals surface area contributed by atoms with E-state index in [-0.39, 0.29) is 30.1 Å². The lowest BCUT2D eigenvalue weighted by molar-refractivity contribution is 0.146. The molecular weight excluding hydrogens is 420 g/mol. The summed E-state index contributed by atoms with van der Waals surface area (Å²) >= 11 is 0. The van der Waals surface area contributed by atoms with Crippen LogP contribution in [-0.4, -0.2) is 34.6 Å². The fourth-order valence-electron chi connectivity index (χ4n) is 5.29. The lowest BCUT2D eigenvalue weighted by atomic mass is 9.75. The highest BCUT2D eigenvalue weighted by molar-refractivity contribution is 5.25. The minimum absolute atomic E-state index is 0.0267. The van der Waals surface area contributed by atoms with E-state index in [1.807, 2.05) is 12.1 Å². The molecule has 0 aliphatic heterocycles. The second kappa shape index (κ2) is 15.3. The van der Waals surface area contributed by atoms with Gasteiger partial charge in [-0.15, -0.1) is 0 Å². The van der Waals surface area contributed by atoms with Crippen LogP contribution in [0.1, 0.15) is 102 Å². The van der Waals surface area contributed by atoms with E-state index >= 15 is 0 Å². The van der Waals surface area contributed by atoms with Crippen molar-refractivity contribution in [3.63, 3.8) is 0 Å². The van der Waals surface area contributed by atoms with Crippen LogP contribution < -0.4 is 0 Å². The first-order valence-electron chi connectivity index (χ1n) is 13.4. The number of aliphatic hydroxyl groups excluding tert-OH is 3. The van der Waals surface area contributed by atoms with Crippen molar-refractivity contribution >= 4 is 0 Å². The molecule has 0 bridgehead atoms. The molecule has 3 N–H and O–H groups in total. The van der Waals surface area contributed by atoms with Crippen molar-refractivity contribution < 1.29 is 15.3 Å². The molecule has 3 nitrogen and oxygen atoms in total. The van der Waals surface area contributed by atoms with Gasteiger partial charge in [-0.2, -0.15) is 0 Å². The Morgan fingerprint density at radius 3 is 1.29 bits per heavy atom. The zero-order valence-corrected chi connectivity index (χ0v) is 21.6. The fourth-order valence-corrected chi connectivity index (χ4v) is 5.29. The third-order valence-electron chi connectivity index (χ3n) is 7.80. The second-order valence-electron chi connectivity index (χ2n) is 10.7. The molecule has 3 heteroatoms. The molecule has 0 saturated heterocycles. The van der Waals surface area contributed by atoms with E-state index in [2.05, 4.69) is 62.4 Å². The normalized spacial score (nSPS) is 16.0. The van der Waals surface area contributed by atoms with Crippen molar-refractivity contribution in [2.45, 2.75) is 108 Å². The van der Waals surface area contributed by atoms with Gasteiger partial charge >= 0.3 is 0 Å². The molecule has 0 amide bonds. The molecule has 34 heavy (non-hydrogen) atoms. The van der Waals surface area contributed by atoms with E-state index in [1.54, 1.807) is 0 Å². The smallest absolute Gasteiger partial charge is 0.0540 e. The van der Waals surface area contributed by atoms with Crippen LogP contribution in [0.4, 0.5) is 0 Å². The molecule has 2 aromatic carbocycles. The molecule has 0 spiro atoms. The van der Waals surface area contributed by atoms with E-state index in [4.69, 9.17) is 0 Å². The van der Waals surface area contributed by atoms with Gasteiger partial charge in [0.15, 0.2) is 0 Å².